The summed E-state index contributed by atoms with van der Waals surface area (Å²) in [6.45, 7) is 24.4. The van der Waals surface area contributed by atoms with Crippen LogP contribution in [0, 0.1) is 0 Å². The normalized spacial score (nSPS) is 19.3. The molecule has 4 heterocycles. The molecule has 3 saturated heterocycles. The quantitative estimate of drug-likeness (QED) is 0.322. The van der Waals surface area contributed by atoms with Gasteiger partial charge in [-0.3, -0.25) is 24.5 Å². The Morgan fingerprint density at radius 2 is 1.65 bits per heavy atom. The Labute approximate surface area is 260 Å². The van der Waals surface area contributed by atoms with Gasteiger partial charge in [0.2, 0.25) is 11.8 Å². The first-order chi connectivity index (χ1) is 20.8. The molecule has 43 heavy (non-hydrogen) atoms. The second kappa shape index (κ2) is 18.4. The standard InChI is InChI=1S/C22H30N6O2.C9H14.2C2H6/c1-26-21-16(20(25-26)17-5-6-19(29)24-22(17)30)3-2-4-18(21)28-11-7-15(8-12-28)27-13-9-23-10-14-27;1-5-7-9(6-2)8(3)4;2*1-2/h2-4,15,17,23H,5-14H2,1H3,(H,24,29,30);5-7H,2H2,1,3-4H3;2*1-2H3/b;7-5-;;. The summed E-state index contributed by atoms with van der Waals surface area (Å²) in [7, 11) is 1.95. The maximum absolute atomic E-state index is 12.4. The number of carbonyl (C=O) groups is 2. The van der Waals surface area contributed by atoms with Crippen LogP contribution in [0.4, 0.5) is 5.69 Å². The molecular weight excluding hydrogens is 536 g/mol. The fourth-order valence-corrected chi connectivity index (χ4v) is 5.95. The van der Waals surface area contributed by atoms with E-state index in [2.05, 4.69) is 65.1 Å². The van der Waals surface area contributed by atoms with Crippen molar-refractivity contribution < 1.29 is 9.59 Å². The fourth-order valence-electron chi connectivity index (χ4n) is 5.95. The highest BCUT2D eigenvalue weighted by atomic mass is 16.2. The molecular formula is C35H56N6O2. The van der Waals surface area contributed by atoms with E-state index in [1.807, 2.05) is 58.5 Å². The third kappa shape index (κ3) is 9.38. The number of fused-ring (bicyclic) bond motifs is 1. The minimum absolute atomic E-state index is 0.190. The van der Waals surface area contributed by atoms with Gasteiger partial charge in [-0.05, 0) is 51.7 Å². The second-order valence-corrected chi connectivity index (χ2v) is 10.8. The molecule has 0 aliphatic carbocycles. The van der Waals surface area contributed by atoms with Crippen LogP contribution in [0.25, 0.3) is 10.9 Å². The van der Waals surface area contributed by atoms with Gasteiger partial charge in [-0.1, -0.05) is 70.2 Å². The number of carbonyl (C=O) groups excluding carboxylic acids is 2. The minimum atomic E-state index is -0.361. The summed E-state index contributed by atoms with van der Waals surface area (Å²) in [6.07, 6.45) is 9.19. The summed E-state index contributed by atoms with van der Waals surface area (Å²) in [5.41, 5.74) is 5.59. The van der Waals surface area contributed by atoms with Crippen molar-refractivity contribution in [2.45, 2.75) is 86.1 Å². The molecule has 2 amide bonds. The number of piperidine rings is 2. The Morgan fingerprint density at radius 1 is 1.00 bits per heavy atom. The molecule has 0 bridgehead atoms. The second-order valence-electron chi connectivity index (χ2n) is 10.8. The Morgan fingerprint density at radius 3 is 2.19 bits per heavy atom. The lowest BCUT2D eigenvalue weighted by atomic mass is 9.92. The molecule has 1 aromatic carbocycles. The number of hydrogen-bond acceptors (Lipinski definition) is 6. The number of benzene rings is 1. The van der Waals surface area contributed by atoms with Gasteiger partial charge in [0.25, 0.3) is 0 Å². The number of amides is 2. The SMILES string of the molecule is C=CC(/C=C\C)=C(C)C.CC.CC.Cn1nc(C2CCC(=O)NC2=O)c2cccc(N3CCC(N4CCNCC4)CC3)c21. The summed E-state index contributed by atoms with van der Waals surface area (Å²) >= 11 is 0. The van der Waals surface area contributed by atoms with Crippen molar-refractivity contribution >= 4 is 28.4 Å². The fraction of sp³-hybridized carbons (Fsp3) is 0.571. The summed E-state index contributed by atoms with van der Waals surface area (Å²) < 4.78 is 1.91. The highest BCUT2D eigenvalue weighted by molar-refractivity contribution is 6.03. The van der Waals surface area contributed by atoms with Gasteiger partial charge in [-0.25, -0.2) is 0 Å². The first-order valence-corrected chi connectivity index (χ1v) is 16.3. The molecule has 2 aromatic rings. The van der Waals surface area contributed by atoms with E-state index in [-0.39, 0.29) is 17.7 Å². The number of allylic oxidation sites excluding steroid dienone is 5. The first kappa shape index (κ1) is 36.0. The Bertz CT molecular complexity index is 1240. The maximum atomic E-state index is 12.4. The van der Waals surface area contributed by atoms with E-state index >= 15 is 0 Å². The number of rotatable bonds is 5. The van der Waals surface area contributed by atoms with Crippen molar-refractivity contribution in [3.63, 3.8) is 0 Å². The minimum Gasteiger partial charge on any atom is -0.370 e. The lowest BCUT2D eigenvalue weighted by Gasteiger charge is -2.41. The molecule has 3 aliphatic heterocycles. The van der Waals surface area contributed by atoms with E-state index in [0.29, 0.717) is 18.9 Å². The van der Waals surface area contributed by atoms with Gasteiger partial charge < -0.3 is 10.2 Å². The van der Waals surface area contributed by atoms with Crippen molar-refractivity contribution in [3.05, 3.63) is 59.8 Å². The van der Waals surface area contributed by atoms with Crippen molar-refractivity contribution in [3.8, 4) is 0 Å². The number of nitrogens with zero attached hydrogens (tertiary/aromatic N) is 4. The molecule has 8 heteroatoms. The predicted octanol–water partition coefficient (Wildman–Crippen LogP) is 6.10. The molecule has 0 radical (unpaired) electrons. The molecule has 3 fully saturated rings. The molecule has 0 saturated carbocycles. The summed E-state index contributed by atoms with van der Waals surface area (Å²) in [5.74, 6) is -0.780. The number of nitrogens with one attached hydrogen (secondary N) is 2. The summed E-state index contributed by atoms with van der Waals surface area (Å²) in [4.78, 5) is 29.1. The van der Waals surface area contributed by atoms with Crippen LogP contribution in [0.5, 0.6) is 0 Å². The average Bonchev–Trinajstić information content (AvgIpc) is 3.38. The van der Waals surface area contributed by atoms with Crippen LogP contribution in [-0.2, 0) is 16.6 Å². The lowest BCUT2D eigenvalue weighted by molar-refractivity contribution is -0.134. The third-order valence-electron chi connectivity index (χ3n) is 8.06. The van der Waals surface area contributed by atoms with E-state index in [0.717, 1.165) is 55.9 Å². The molecule has 1 aromatic heterocycles. The summed E-state index contributed by atoms with van der Waals surface area (Å²) in [6, 6.07) is 6.96. The van der Waals surface area contributed by atoms with Crippen LogP contribution in [0.15, 0.2) is 54.2 Å². The Kier molecular flexibility index (Phi) is 15.4. The van der Waals surface area contributed by atoms with Crippen LogP contribution in [0.3, 0.4) is 0 Å². The number of anilines is 1. The number of piperazine rings is 1. The smallest absolute Gasteiger partial charge is 0.235 e. The Balaban J connectivity index is 0.000000425. The van der Waals surface area contributed by atoms with Gasteiger partial charge in [0.15, 0.2) is 0 Å². The van der Waals surface area contributed by atoms with E-state index in [1.165, 1.54) is 29.7 Å². The van der Waals surface area contributed by atoms with Crippen LogP contribution in [-0.4, -0.2) is 71.8 Å². The summed E-state index contributed by atoms with van der Waals surface area (Å²) in [5, 5.41) is 11.7. The zero-order chi connectivity index (χ0) is 31.9. The van der Waals surface area contributed by atoms with Crippen LogP contribution in [0.1, 0.15) is 85.8 Å². The van der Waals surface area contributed by atoms with Gasteiger partial charge in [0, 0.05) is 64.2 Å². The monoisotopic (exact) mass is 592 g/mol. The molecule has 0 spiro atoms. The lowest BCUT2D eigenvalue weighted by Crippen LogP contribution is -2.52. The van der Waals surface area contributed by atoms with Gasteiger partial charge >= 0.3 is 0 Å². The molecule has 2 N–H and O–H groups in total. The van der Waals surface area contributed by atoms with Crippen LogP contribution in [0.2, 0.25) is 0 Å². The predicted molar refractivity (Wildman–Crippen MR) is 182 cm³/mol. The molecule has 1 atom stereocenters. The van der Waals surface area contributed by atoms with Gasteiger partial charge in [0.05, 0.1) is 22.8 Å². The average molecular weight is 593 g/mol. The molecule has 5 rings (SSSR count). The molecule has 3 aliphatic rings. The van der Waals surface area contributed by atoms with Crippen molar-refractivity contribution in [1.82, 2.24) is 25.3 Å². The van der Waals surface area contributed by atoms with Gasteiger partial charge in [-0.2, -0.15) is 5.10 Å². The number of aryl methyl sites for hydroxylation is 1. The Hall–Kier alpha value is -3.23. The molecule has 1 unspecified atom stereocenters. The number of para-hydroxylation sites is 1. The zero-order valence-corrected chi connectivity index (χ0v) is 28.0. The van der Waals surface area contributed by atoms with Crippen molar-refractivity contribution in [2.24, 2.45) is 7.05 Å². The number of hydrogen-bond donors (Lipinski definition) is 2. The first-order valence-electron chi connectivity index (χ1n) is 16.3. The van der Waals surface area contributed by atoms with E-state index in [4.69, 9.17) is 5.10 Å². The van der Waals surface area contributed by atoms with E-state index < -0.39 is 0 Å². The largest absolute Gasteiger partial charge is 0.370 e. The maximum Gasteiger partial charge on any atom is 0.235 e. The zero-order valence-electron chi connectivity index (χ0n) is 28.0. The topological polar surface area (TPSA) is 82.5 Å². The number of aromatic nitrogens is 2. The van der Waals surface area contributed by atoms with Gasteiger partial charge in [0.1, 0.15) is 0 Å². The van der Waals surface area contributed by atoms with Crippen molar-refractivity contribution in [1.29, 1.82) is 0 Å². The van der Waals surface area contributed by atoms with Crippen LogP contribution < -0.4 is 15.5 Å². The van der Waals surface area contributed by atoms with Crippen molar-refractivity contribution in [2.75, 3.05) is 44.2 Å². The molecule has 238 valence electrons. The van der Waals surface area contributed by atoms with Gasteiger partial charge in [-0.15, -0.1) is 0 Å². The van der Waals surface area contributed by atoms with E-state index in [9.17, 15) is 9.59 Å². The highest BCUT2D eigenvalue weighted by Crippen LogP contribution is 2.35. The number of imide groups is 1. The van der Waals surface area contributed by atoms with Crippen LogP contribution >= 0.6 is 0 Å². The highest BCUT2D eigenvalue weighted by Gasteiger charge is 2.33. The molecule has 8 nitrogen and oxygen atoms in total. The van der Waals surface area contributed by atoms with E-state index in [1.54, 1.807) is 0 Å². The third-order valence-corrected chi connectivity index (χ3v) is 8.06.